The molecule has 21 heavy (non-hydrogen) atoms. The van der Waals surface area contributed by atoms with Crippen LogP contribution in [0.3, 0.4) is 0 Å². The van der Waals surface area contributed by atoms with Gasteiger partial charge in [-0.25, -0.2) is 22.7 Å². The van der Waals surface area contributed by atoms with Crippen LogP contribution in [0.2, 0.25) is 0 Å². The molecule has 0 radical (unpaired) electrons. The molecule has 0 spiro atoms. The zero-order valence-electron chi connectivity index (χ0n) is 11.7. The summed E-state index contributed by atoms with van der Waals surface area (Å²) in [6.45, 7) is 2.13. The molecule has 0 aliphatic heterocycles. The summed E-state index contributed by atoms with van der Waals surface area (Å²) in [7, 11) is -3.99. The smallest absolute Gasteiger partial charge is 0.341 e. The summed E-state index contributed by atoms with van der Waals surface area (Å²) in [5.74, 6) is -1.07. The number of hydrogen-bond acceptors (Lipinski definition) is 4. The standard InChI is InChI=1S/C14H18FNO4S/c1-9-2-4-10(5-3-9)20-14(17)12-8-11(21(16,18)19)6-7-13(12)15/h6-10H,2-5H2,1H3,(H2,16,18,19). The monoisotopic (exact) mass is 315 g/mol. The summed E-state index contributed by atoms with van der Waals surface area (Å²) in [6, 6.07) is 2.83. The summed E-state index contributed by atoms with van der Waals surface area (Å²) >= 11 is 0. The van der Waals surface area contributed by atoms with Crippen LogP contribution in [0, 0.1) is 11.7 Å². The Bertz CT molecular complexity index is 636. The van der Waals surface area contributed by atoms with Gasteiger partial charge >= 0.3 is 5.97 Å². The van der Waals surface area contributed by atoms with E-state index in [2.05, 4.69) is 6.92 Å². The Balaban J connectivity index is 2.15. The van der Waals surface area contributed by atoms with Crippen LogP contribution >= 0.6 is 0 Å². The molecule has 1 aliphatic carbocycles. The maximum Gasteiger partial charge on any atom is 0.341 e. The van der Waals surface area contributed by atoms with E-state index in [4.69, 9.17) is 9.88 Å². The molecule has 0 aromatic heterocycles. The molecule has 2 N–H and O–H groups in total. The van der Waals surface area contributed by atoms with Gasteiger partial charge in [0.15, 0.2) is 0 Å². The number of halogens is 1. The minimum Gasteiger partial charge on any atom is -0.459 e. The van der Waals surface area contributed by atoms with Crippen LogP contribution in [-0.4, -0.2) is 20.5 Å². The van der Waals surface area contributed by atoms with Gasteiger partial charge in [-0.3, -0.25) is 0 Å². The predicted octanol–water partition coefficient (Wildman–Crippen LogP) is 2.21. The molecule has 0 unspecified atom stereocenters. The predicted molar refractivity (Wildman–Crippen MR) is 74.6 cm³/mol. The molecule has 7 heteroatoms. The highest BCUT2D eigenvalue weighted by Crippen LogP contribution is 2.26. The lowest BCUT2D eigenvalue weighted by Gasteiger charge is -2.26. The minimum atomic E-state index is -3.99. The van der Waals surface area contributed by atoms with E-state index in [-0.39, 0.29) is 11.0 Å². The van der Waals surface area contributed by atoms with Gasteiger partial charge in [-0.05, 0) is 49.8 Å². The fourth-order valence-corrected chi connectivity index (χ4v) is 2.94. The van der Waals surface area contributed by atoms with E-state index < -0.39 is 27.4 Å². The summed E-state index contributed by atoms with van der Waals surface area (Å²) in [5, 5.41) is 4.97. The molecule has 0 amide bonds. The SMILES string of the molecule is CC1CCC(OC(=O)c2cc(S(N)(=O)=O)ccc2F)CC1. The number of esters is 1. The Hall–Kier alpha value is -1.47. The van der Waals surface area contributed by atoms with Crippen LogP contribution in [0.15, 0.2) is 23.1 Å². The number of sulfonamides is 1. The van der Waals surface area contributed by atoms with Crippen molar-refractivity contribution >= 4 is 16.0 Å². The highest BCUT2D eigenvalue weighted by Gasteiger charge is 2.24. The highest BCUT2D eigenvalue weighted by molar-refractivity contribution is 7.89. The summed E-state index contributed by atoms with van der Waals surface area (Å²) < 4.78 is 41.4. The third-order valence-electron chi connectivity index (χ3n) is 3.72. The first-order valence-electron chi connectivity index (χ1n) is 6.80. The van der Waals surface area contributed by atoms with Crippen molar-refractivity contribution in [3.8, 4) is 0 Å². The molecule has 116 valence electrons. The van der Waals surface area contributed by atoms with E-state index in [9.17, 15) is 17.6 Å². The molecule has 0 bridgehead atoms. The maximum atomic E-state index is 13.7. The first kappa shape index (κ1) is 15.9. The fourth-order valence-electron chi connectivity index (χ4n) is 2.40. The van der Waals surface area contributed by atoms with Crippen molar-refractivity contribution in [2.45, 2.75) is 43.6 Å². The zero-order valence-corrected chi connectivity index (χ0v) is 12.5. The van der Waals surface area contributed by atoms with Crippen molar-refractivity contribution < 1.29 is 22.3 Å². The van der Waals surface area contributed by atoms with Crippen molar-refractivity contribution in [1.82, 2.24) is 0 Å². The number of nitrogens with two attached hydrogens (primary N) is 1. The first-order chi connectivity index (χ1) is 9.77. The van der Waals surface area contributed by atoms with Gasteiger partial charge in [-0.2, -0.15) is 0 Å². The van der Waals surface area contributed by atoms with E-state index in [1.807, 2.05) is 0 Å². The Morgan fingerprint density at radius 1 is 1.29 bits per heavy atom. The first-order valence-corrected chi connectivity index (χ1v) is 8.35. The van der Waals surface area contributed by atoms with Crippen LogP contribution in [-0.2, 0) is 14.8 Å². The van der Waals surface area contributed by atoms with Crippen LogP contribution in [0.5, 0.6) is 0 Å². The largest absolute Gasteiger partial charge is 0.459 e. The molecule has 1 aromatic rings. The number of carbonyl (C=O) groups is 1. The molecule has 1 aliphatic rings. The van der Waals surface area contributed by atoms with Gasteiger partial charge in [0.05, 0.1) is 10.5 Å². The molecule has 1 aromatic carbocycles. The van der Waals surface area contributed by atoms with E-state index >= 15 is 0 Å². The molecular formula is C14H18FNO4S. The van der Waals surface area contributed by atoms with Crippen LogP contribution in [0.1, 0.15) is 43.0 Å². The fraction of sp³-hybridized carbons (Fsp3) is 0.500. The number of carbonyl (C=O) groups excluding carboxylic acids is 1. The lowest BCUT2D eigenvalue weighted by molar-refractivity contribution is 0.0168. The Kier molecular flexibility index (Phi) is 4.63. The maximum absolute atomic E-state index is 13.7. The van der Waals surface area contributed by atoms with E-state index in [1.165, 1.54) is 0 Å². The van der Waals surface area contributed by atoms with Gasteiger partial charge < -0.3 is 4.74 Å². The zero-order chi connectivity index (χ0) is 15.6. The molecular weight excluding hydrogens is 297 g/mol. The lowest BCUT2D eigenvalue weighted by Crippen LogP contribution is -2.24. The third-order valence-corrected chi connectivity index (χ3v) is 4.63. The molecule has 0 atom stereocenters. The quantitative estimate of drug-likeness (QED) is 0.866. The van der Waals surface area contributed by atoms with Gasteiger partial charge in [0, 0.05) is 0 Å². The van der Waals surface area contributed by atoms with Gasteiger partial charge in [0.2, 0.25) is 10.0 Å². The van der Waals surface area contributed by atoms with Gasteiger partial charge in [0.1, 0.15) is 11.9 Å². The van der Waals surface area contributed by atoms with Crippen LogP contribution in [0.25, 0.3) is 0 Å². The molecule has 0 saturated heterocycles. The second-order valence-electron chi connectivity index (χ2n) is 5.47. The van der Waals surface area contributed by atoms with Gasteiger partial charge in [0.25, 0.3) is 0 Å². The molecule has 5 nitrogen and oxygen atoms in total. The number of primary sulfonamides is 1. The normalized spacial score (nSPS) is 22.8. The number of benzene rings is 1. The Morgan fingerprint density at radius 2 is 1.90 bits per heavy atom. The molecule has 0 heterocycles. The Labute approximate surface area is 123 Å². The molecule has 2 rings (SSSR count). The van der Waals surface area contributed by atoms with Crippen molar-refractivity contribution in [2.24, 2.45) is 11.1 Å². The van der Waals surface area contributed by atoms with Crippen molar-refractivity contribution in [3.05, 3.63) is 29.6 Å². The minimum absolute atomic E-state index is 0.244. The van der Waals surface area contributed by atoms with Crippen LogP contribution < -0.4 is 5.14 Å². The van der Waals surface area contributed by atoms with Gasteiger partial charge in [-0.1, -0.05) is 6.92 Å². The van der Waals surface area contributed by atoms with Crippen LogP contribution in [0.4, 0.5) is 4.39 Å². The summed E-state index contributed by atoms with van der Waals surface area (Å²) in [4.78, 5) is 11.7. The highest BCUT2D eigenvalue weighted by atomic mass is 32.2. The number of hydrogen-bond donors (Lipinski definition) is 1. The molecule has 1 saturated carbocycles. The number of rotatable bonds is 3. The van der Waals surface area contributed by atoms with Crippen molar-refractivity contribution in [2.75, 3.05) is 0 Å². The lowest BCUT2D eigenvalue weighted by atomic mass is 9.89. The van der Waals surface area contributed by atoms with Crippen molar-refractivity contribution in [1.29, 1.82) is 0 Å². The summed E-state index contributed by atoms with van der Waals surface area (Å²) in [5.41, 5.74) is -0.403. The molecule has 1 fully saturated rings. The van der Waals surface area contributed by atoms with Crippen molar-refractivity contribution in [3.63, 3.8) is 0 Å². The second-order valence-corrected chi connectivity index (χ2v) is 7.04. The van der Waals surface area contributed by atoms with Gasteiger partial charge in [-0.15, -0.1) is 0 Å². The second kappa shape index (κ2) is 6.11. The van der Waals surface area contributed by atoms with E-state index in [0.717, 1.165) is 43.9 Å². The number of ether oxygens (including phenoxy) is 1. The average molecular weight is 315 g/mol. The topological polar surface area (TPSA) is 86.5 Å². The Morgan fingerprint density at radius 3 is 2.48 bits per heavy atom. The van der Waals surface area contributed by atoms with E-state index in [1.54, 1.807) is 0 Å². The average Bonchev–Trinajstić information content (AvgIpc) is 2.40. The third kappa shape index (κ3) is 4.01. The van der Waals surface area contributed by atoms with E-state index in [0.29, 0.717) is 5.92 Å². The summed E-state index contributed by atoms with van der Waals surface area (Å²) in [6.07, 6.45) is 3.15.